The smallest absolute Gasteiger partial charge is 0.275 e. The van der Waals surface area contributed by atoms with Crippen LogP contribution in [0.15, 0.2) is 0 Å². The van der Waals surface area contributed by atoms with E-state index in [9.17, 15) is 4.79 Å². The Bertz CT molecular complexity index is 60.7. The van der Waals surface area contributed by atoms with Crippen molar-refractivity contribution in [3.63, 3.8) is 0 Å². The van der Waals surface area contributed by atoms with E-state index in [0.717, 1.165) is 0 Å². The zero-order valence-electron chi connectivity index (χ0n) is 4.22. The van der Waals surface area contributed by atoms with Crippen LogP contribution in [-0.2, 0) is 37.5 Å². The van der Waals surface area contributed by atoms with Crippen molar-refractivity contribution in [2.45, 2.75) is 6.92 Å². The predicted octanol–water partition coefficient (Wildman–Crippen LogP) is 0.539. The number of rotatable bonds is 1. The van der Waals surface area contributed by atoms with Gasteiger partial charge in [0.05, 0.1) is 0 Å². The SMILES string of the molecule is [CH2-]C(C)C(=O)O.[Y]. The molecule has 1 radical (unpaired) electrons. The van der Waals surface area contributed by atoms with Crippen molar-refractivity contribution in [3.05, 3.63) is 6.92 Å². The van der Waals surface area contributed by atoms with Crippen LogP contribution in [0.2, 0.25) is 0 Å². The first-order valence-electron chi connectivity index (χ1n) is 1.70. The van der Waals surface area contributed by atoms with Gasteiger partial charge in [-0.1, -0.05) is 12.8 Å². The Morgan fingerprint density at radius 2 is 2.00 bits per heavy atom. The van der Waals surface area contributed by atoms with Crippen LogP contribution in [0, 0.1) is 12.8 Å². The second-order valence-electron chi connectivity index (χ2n) is 1.24. The van der Waals surface area contributed by atoms with Gasteiger partial charge in [-0.3, -0.25) is 4.79 Å². The zero-order valence-corrected chi connectivity index (χ0v) is 7.06. The molecule has 0 bridgehead atoms. The number of hydrogen-bond donors (Lipinski definition) is 1. The predicted molar refractivity (Wildman–Crippen MR) is 22.2 cm³/mol. The topological polar surface area (TPSA) is 37.3 Å². The number of carbonyl (C=O) groups is 1. The molecule has 0 aromatic rings. The Morgan fingerprint density at radius 1 is 1.86 bits per heavy atom. The number of carboxylic acids is 1. The molecule has 0 saturated heterocycles. The fourth-order valence-corrected chi connectivity index (χ4v) is 0. The van der Waals surface area contributed by atoms with Gasteiger partial charge in [0.25, 0.3) is 5.97 Å². The Balaban J connectivity index is 0. The summed E-state index contributed by atoms with van der Waals surface area (Å²) >= 11 is 0. The molecule has 0 rings (SSSR count). The molecular weight excluding hydrogens is 169 g/mol. The van der Waals surface area contributed by atoms with Crippen molar-refractivity contribution in [1.29, 1.82) is 0 Å². The maximum Gasteiger partial charge on any atom is 0.275 e. The molecule has 0 saturated carbocycles. The fourth-order valence-electron chi connectivity index (χ4n) is 0. The Labute approximate surface area is 68.2 Å². The maximum atomic E-state index is 9.64. The number of carboxylic acid groups (broad SMARTS) is 1. The van der Waals surface area contributed by atoms with Crippen molar-refractivity contribution in [2.24, 2.45) is 5.92 Å². The second-order valence-corrected chi connectivity index (χ2v) is 1.24. The minimum absolute atomic E-state index is 0. The first kappa shape index (κ1) is 10.5. The monoisotopic (exact) mass is 176 g/mol. The molecule has 0 aliphatic carbocycles. The summed E-state index contributed by atoms with van der Waals surface area (Å²) in [5.74, 6) is -1.33. The molecule has 0 aliphatic heterocycles. The first-order chi connectivity index (χ1) is 2.64. The fraction of sp³-hybridized carbons (Fsp3) is 0.500. The molecule has 2 nitrogen and oxygen atoms in total. The van der Waals surface area contributed by atoms with Gasteiger partial charge in [-0.2, -0.15) is 0 Å². The summed E-state index contributed by atoms with van der Waals surface area (Å²) in [5.41, 5.74) is 0. The molecule has 1 N–H and O–H groups in total. The van der Waals surface area contributed by atoms with Crippen LogP contribution in [0.1, 0.15) is 6.92 Å². The molecule has 1 atom stereocenters. The van der Waals surface area contributed by atoms with E-state index in [1.54, 1.807) is 0 Å². The molecule has 0 fully saturated rings. The van der Waals surface area contributed by atoms with Crippen molar-refractivity contribution in [2.75, 3.05) is 0 Å². The van der Waals surface area contributed by atoms with Crippen LogP contribution in [-0.4, -0.2) is 11.1 Å². The van der Waals surface area contributed by atoms with E-state index < -0.39 is 11.9 Å². The molecule has 7 heavy (non-hydrogen) atoms. The molecule has 39 valence electrons. The van der Waals surface area contributed by atoms with Gasteiger partial charge in [0, 0.05) is 32.7 Å². The first-order valence-corrected chi connectivity index (χ1v) is 1.70. The van der Waals surface area contributed by atoms with Crippen LogP contribution in [0.3, 0.4) is 0 Å². The van der Waals surface area contributed by atoms with Gasteiger partial charge >= 0.3 is 0 Å². The molecule has 0 aromatic carbocycles. The van der Waals surface area contributed by atoms with E-state index in [-0.39, 0.29) is 32.7 Å². The summed E-state index contributed by atoms with van der Waals surface area (Å²) in [6.07, 6.45) is 0. The van der Waals surface area contributed by atoms with Crippen molar-refractivity contribution in [3.8, 4) is 0 Å². The molecule has 0 aliphatic rings. The minimum Gasteiger partial charge on any atom is -0.483 e. The average molecular weight is 176 g/mol. The summed E-state index contributed by atoms with van der Waals surface area (Å²) in [4.78, 5) is 9.64. The third-order valence-electron chi connectivity index (χ3n) is 0.422. The van der Waals surface area contributed by atoms with E-state index in [0.29, 0.717) is 0 Å². The second kappa shape index (κ2) is 4.73. The van der Waals surface area contributed by atoms with Gasteiger partial charge in [0.15, 0.2) is 0 Å². The Kier molecular flexibility index (Phi) is 7.11. The average Bonchev–Trinajstić information content (AvgIpc) is 1.36. The number of hydrogen-bond acceptors (Lipinski definition) is 1. The molecule has 1 unspecified atom stereocenters. The largest absolute Gasteiger partial charge is 0.483 e. The normalized spacial score (nSPS) is 11.7. The van der Waals surface area contributed by atoms with Gasteiger partial charge < -0.3 is 12.0 Å². The van der Waals surface area contributed by atoms with Gasteiger partial charge in [0.2, 0.25) is 0 Å². The standard InChI is InChI=1S/C4H7O2.Y/c1-3(2)4(5)6;/h3H,1H2,2H3,(H,5,6);/q-1;. The van der Waals surface area contributed by atoms with Crippen LogP contribution in [0.5, 0.6) is 0 Å². The van der Waals surface area contributed by atoms with E-state index in [2.05, 4.69) is 6.92 Å². The van der Waals surface area contributed by atoms with E-state index in [4.69, 9.17) is 5.11 Å². The summed E-state index contributed by atoms with van der Waals surface area (Å²) in [6.45, 7) is 4.77. The summed E-state index contributed by atoms with van der Waals surface area (Å²) in [6, 6.07) is 0. The molecule has 0 amide bonds. The van der Waals surface area contributed by atoms with Crippen molar-refractivity contribution < 1.29 is 42.6 Å². The molecule has 0 spiro atoms. The van der Waals surface area contributed by atoms with Crippen LogP contribution >= 0.6 is 0 Å². The Morgan fingerprint density at radius 3 is 2.00 bits per heavy atom. The van der Waals surface area contributed by atoms with Crippen molar-refractivity contribution in [1.82, 2.24) is 0 Å². The quantitative estimate of drug-likeness (QED) is 0.592. The summed E-state index contributed by atoms with van der Waals surface area (Å²) in [7, 11) is 0. The maximum absolute atomic E-state index is 9.64. The van der Waals surface area contributed by atoms with E-state index in [1.165, 1.54) is 6.92 Å². The van der Waals surface area contributed by atoms with E-state index >= 15 is 0 Å². The van der Waals surface area contributed by atoms with Crippen LogP contribution in [0.4, 0.5) is 0 Å². The van der Waals surface area contributed by atoms with Crippen LogP contribution < -0.4 is 0 Å². The van der Waals surface area contributed by atoms with Gasteiger partial charge in [-0.05, 0) is 0 Å². The van der Waals surface area contributed by atoms with Gasteiger partial charge in [0.1, 0.15) is 0 Å². The van der Waals surface area contributed by atoms with Gasteiger partial charge in [-0.25, -0.2) is 0 Å². The van der Waals surface area contributed by atoms with Crippen molar-refractivity contribution >= 4 is 5.97 Å². The van der Waals surface area contributed by atoms with Gasteiger partial charge in [-0.15, -0.1) is 0 Å². The zero-order chi connectivity index (χ0) is 5.15. The molecule has 0 heterocycles. The molecule has 0 aromatic heterocycles. The summed E-state index contributed by atoms with van der Waals surface area (Å²) in [5, 5.41) is 7.93. The number of aliphatic carboxylic acids is 1. The third-order valence-corrected chi connectivity index (χ3v) is 0.422. The Hall–Kier alpha value is 0.574. The molecule has 3 heteroatoms. The molecular formula is C4H7O2Y-. The third kappa shape index (κ3) is 6.57. The van der Waals surface area contributed by atoms with E-state index in [1.807, 2.05) is 0 Å². The summed E-state index contributed by atoms with van der Waals surface area (Å²) < 4.78 is 0. The minimum atomic E-state index is -0.852. The van der Waals surface area contributed by atoms with Crippen LogP contribution in [0.25, 0.3) is 0 Å².